The van der Waals surface area contributed by atoms with Gasteiger partial charge in [-0.3, -0.25) is 4.79 Å². The van der Waals surface area contributed by atoms with Crippen LogP contribution in [-0.4, -0.2) is 5.78 Å². The van der Waals surface area contributed by atoms with Gasteiger partial charge >= 0.3 is 0 Å². The van der Waals surface area contributed by atoms with E-state index in [1.807, 2.05) is 31.2 Å². The van der Waals surface area contributed by atoms with Crippen molar-refractivity contribution in [2.24, 2.45) is 0 Å². The van der Waals surface area contributed by atoms with Crippen molar-refractivity contribution in [2.75, 3.05) is 0 Å². The molecule has 1 aromatic carbocycles. The number of ketones is 1. The molecular formula is C15H15ClOS. The Kier molecular flexibility index (Phi) is 4.20. The second kappa shape index (κ2) is 5.68. The van der Waals surface area contributed by atoms with Gasteiger partial charge in [0.25, 0.3) is 0 Å². The number of rotatable bonds is 4. The van der Waals surface area contributed by atoms with E-state index in [0.717, 1.165) is 16.9 Å². The summed E-state index contributed by atoms with van der Waals surface area (Å²) in [5, 5.41) is 0.548. The van der Waals surface area contributed by atoms with Crippen LogP contribution in [0.15, 0.2) is 30.3 Å². The molecule has 1 aromatic heterocycles. The van der Waals surface area contributed by atoms with Gasteiger partial charge in [-0.15, -0.1) is 11.3 Å². The number of carbonyl (C=O) groups is 1. The van der Waals surface area contributed by atoms with Crippen LogP contribution in [0.3, 0.4) is 0 Å². The van der Waals surface area contributed by atoms with Crippen LogP contribution in [0.1, 0.15) is 32.6 Å². The van der Waals surface area contributed by atoms with Crippen LogP contribution in [0.25, 0.3) is 0 Å². The van der Waals surface area contributed by atoms with Crippen molar-refractivity contribution in [3.63, 3.8) is 0 Å². The summed E-state index contributed by atoms with van der Waals surface area (Å²) in [6.45, 7) is 4.08. The Labute approximate surface area is 116 Å². The van der Waals surface area contributed by atoms with Gasteiger partial charge < -0.3 is 0 Å². The highest BCUT2D eigenvalue weighted by molar-refractivity contribution is 7.12. The highest BCUT2D eigenvalue weighted by Crippen LogP contribution is 2.22. The van der Waals surface area contributed by atoms with Crippen LogP contribution < -0.4 is 0 Å². The van der Waals surface area contributed by atoms with E-state index in [0.29, 0.717) is 17.0 Å². The molecule has 0 bridgehead atoms. The molecule has 0 saturated heterocycles. The predicted octanol–water partition coefficient (Wildman–Crippen LogP) is 4.70. The molecule has 1 heterocycles. The van der Waals surface area contributed by atoms with Crippen molar-refractivity contribution >= 4 is 28.7 Å². The maximum Gasteiger partial charge on any atom is 0.169 e. The van der Waals surface area contributed by atoms with E-state index in [1.165, 1.54) is 4.88 Å². The number of Topliss-reactive ketones (excluding diaryl/α,β-unsaturated/α-hetero) is 1. The molecule has 18 heavy (non-hydrogen) atoms. The van der Waals surface area contributed by atoms with E-state index in [9.17, 15) is 4.79 Å². The number of aryl methyl sites for hydroxylation is 2. The summed E-state index contributed by atoms with van der Waals surface area (Å²) in [7, 11) is 0. The Hall–Kier alpha value is -1.12. The largest absolute Gasteiger partial charge is 0.294 e. The molecule has 1 nitrogen and oxygen atoms in total. The minimum Gasteiger partial charge on any atom is -0.294 e. The number of halogens is 1. The summed E-state index contributed by atoms with van der Waals surface area (Å²) in [5.41, 5.74) is 1.69. The molecule has 2 aromatic rings. The molecule has 0 fully saturated rings. The van der Waals surface area contributed by atoms with Crippen molar-refractivity contribution in [3.8, 4) is 0 Å². The highest BCUT2D eigenvalue weighted by Gasteiger charge is 2.12. The third-order valence-corrected chi connectivity index (χ3v) is 4.37. The average Bonchev–Trinajstić information content (AvgIpc) is 2.76. The summed E-state index contributed by atoms with van der Waals surface area (Å²) in [6, 6.07) is 9.69. The van der Waals surface area contributed by atoms with E-state index in [-0.39, 0.29) is 5.78 Å². The van der Waals surface area contributed by atoms with Crippen molar-refractivity contribution in [3.05, 3.63) is 56.2 Å². The second-order valence-corrected chi connectivity index (χ2v) is 5.96. The first-order valence-corrected chi connectivity index (χ1v) is 7.16. The van der Waals surface area contributed by atoms with Crippen LogP contribution in [0.5, 0.6) is 0 Å². The molecule has 0 amide bonds. The minimum absolute atomic E-state index is 0.0875. The van der Waals surface area contributed by atoms with Gasteiger partial charge in [-0.2, -0.15) is 0 Å². The van der Waals surface area contributed by atoms with Crippen molar-refractivity contribution in [1.82, 2.24) is 0 Å². The van der Waals surface area contributed by atoms with Crippen LogP contribution in [0, 0.1) is 6.92 Å². The molecule has 0 radical (unpaired) electrons. The zero-order chi connectivity index (χ0) is 13.1. The fourth-order valence-corrected chi connectivity index (χ4v) is 3.10. The van der Waals surface area contributed by atoms with E-state index in [4.69, 9.17) is 11.6 Å². The van der Waals surface area contributed by atoms with E-state index in [2.05, 4.69) is 13.0 Å². The summed E-state index contributed by atoms with van der Waals surface area (Å²) >= 11 is 7.81. The summed E-state index contributed by atoms with van der Waals surface area (Å²) in [4.78, 5) is 14.6. The molecule has 0 atom stereocenters. The normalized spacial score (nSPS) is 10.6. The Bertz CT molecular complexity index is 572. The molecule has 2 rings (SSSR count). The topological polar surface area (TPSA) is 17.1 Å². The zero-order valence-electron chi connectivity index (χ0n) is 10.5. The molecule has 3 heteroatoms. The lowest BCUT2D eigenvalue weighted by molar-refractivity contribution is 0.0994. The number of benzene rings is 1. The molecule has 0 aliphatic carbocycles. The summed E-state index contributed by atoms with van der Waals surface area (Å²) < 4.78 is 0. The van der Waals surface area contributed by atoms with E-state index < -0.39 is 0 Å². The number of thiophene rings is 1. The first kappa shape index (κ1) is 13.3. The third kappa shape index (κ3) is 3.01. The lowest BCUT2D eigenvalue weighted by Gasteiger charge is -2.03. The van der Waals surface area contributed by atoms with Crippen LogP contribution >= 0.6 is 22.9 Å². The standard InChI is InChI=1S/C15H15ClOS/c1-3-11-5-6-12(18-11)9-15(17)13-7-4-10(2)8-14(13)16/h4-8H,3,9H2,1-2H3. The molecule has 0 aliphatic rings. The first-order valence-electron chi connectivity index (χ1n) is 5.97. The van der Waals surface area contributed by atoms with Crippen molar-refractivity contribution < 1.29 is 4.79 Å². The van der Waals surface area contributed by atoms with Gasteiger partial charge in [0.1, 0.15) is 0 Å². The van der Waals surface area contributed by atoms with Gasteiger partial charge in [0.15, 0.2) is 5.78 Å². The van der Waals surface area contributed by atoms with Crippen LogP contribution in [0.4, 0.5) is 0 Å². The van der Waals surface area contributed by atoms with Crippen molar-refractivity contribution in [2.45, 2.75) is 26.7 Å². The van der Waals surface area contributed by atoms with Gasteiger partial charge in [0, 0.05) is 21.7 Å². The summed E-state index contributed by atoms with van der Waals surface area (Å²) in [5.74, 6) is 0.0875. The fraction of sp³-hybridized carbons (Fsp3) is 0.267. The van der Waals surface area contributed by atoms with Gasteiger partial charge in [-0.1, -0.05) is 24.6 Å². The van der Waals surface area contributed by atoms with E-state index >= 15 is 0 Å². The second-order valence-electron chi connectivity index (χ2n) is 4.30. The lowest BCUT2D eigenvalue weighted by atomic mass is 10.1. The van der Waals surface area contributed by atoms with E-state index in [1.54, 1.807) is 11.3 Å². The molecule has 94 valence electrons. The number of hydrogen-bond donors (Lipinski definition) is 0. The Balaban J connectivity index is 2.16. The minimum atomic E-state index is 0.0875. The SMILES string of the molecule is CCc1ccc(CC(=O)c2ccc(C)cc2Cl)s1. The first-order chi connectivity index (χ1) is 8.60. The molecule has 0 saturated carbocycles. The van der Waals surface area contributed by atoms with Gasteiger partial charge in [-0.05, 0) is 43.2 Å². The molecule has 0 unspecified atom stereocenters. The van der Waals surface area contributed by atoms with Crippen LogP contribution in [0.2, 0.25) is 5.02 Å². The lowest BCUT2D eigenvalue weighted by Crippen LogP contribution is -2.03. The Morgan fingerprint density at radius 2 is 1.94 bits per heavy atom. The van der Waals surface area contributed by atoms with Crippen molar-refractivity contribution in [1.29, 1.82) is 0 Å². The maximum atomic E-state index is 12.2. The number of hydrogen-bond acceptors (Lipinski definition) is 2. The Morgan fingerprint density at radius 3 is 2.56 bits per heavy atom. The molecule has 0 spiro atoms. The Morgan fingerprint density at radius 1 is 1.22 bits per heavy atom. The average molecular weight is 279 g/mol. The smallest absolute Gasteiger partial charge is 0.169 e. The molecule has 0 N–H and O–H groups in total. The van der Waals surface area contributed by atoms with Crippen LogP contribution in [-0.2, 0) is 12.8 Å². The van der Waals surface area contributed by atoms with Gasteiger partial charge in [-0.25, -0.2) is 0 Å². The fourth-order valence-electron chi connectivity index (χ4n) is 1.81. The highest BCUT2D eigenvalue weighted by atomic mass is 35.5. The molecule has 0 aliphatic heterocycles. The quantitative estimate of drug-likeness (QED) is 0.741. The number of carbonyl (C=O) groups excluding carboxylic acids is 1. The maximum absolute atomic E-state index is 12.2. The monoisotopic (exact) mass is 278 g/mol. The zero-order valence-corrected chi connectivity index (χ0v) is 12.1. The van der Waals surface area contributed by atoms with Gasteiger partial charge in [0.2, 0.25) is 0 Å². The molecular weight excluding hydrogens is 264 g/mol. The third-order valence-electron chi connectivity index (χ3n) is 2.83. The van der Waals surface area contributed by atoms with Gasteiger partial charge in [0.05, 0.1) is 5.02 Å². The predicted molar refractivity (Wildman–Crippen MR) is 77.9 cm³/mol. The summed E-state index contributed by atoms with van der Waals surface area (Å²) in [6.07, 6.45) is 1.46.